The van der Waals surface area contributed by atoms with E-state index in [1.165, 1.54) is 6.42 Å². The van der Waals surface area contributed by atoms with Crippen LogP contribution in [0.5, 0.6) is 0 Å². The molecule has 0 amide bonds. The largest absolute Gasteiger partial charge is 0.378 e. The van der Waals surface area contributed by atoms with Crippen molar-refractivity contribution in [3.63, 3.8) is 0 Å². The van der Waals surface area contributed by atoms with Gasteiger partial charge in [-0.05, 0) is 57.8 Å². The van der Waals surface area contributed by atoms with E-state index in [0.29, 0.717) is 0 Å². The Morgan fingerprint density at radius 2 is 2.05 bits per heavy atom. The molecule has 0 aromatic carbocycles. The highest BCUT2D eigenvalue weighted by Crippen LogP contribution is 2.14. The van der Waals surface area contributed by atoms with Crippen LogP contribution in [0.15, 0.2) is 0 Å². The molecule has 3 heteroatoms. The summed E-state index contributed by atoms with van der Waals surface area (Å²) in [7, 11) is 0. The Morgan fingerprint density at radius 1 is 1.20 bits per heavy atom. The van der Waals surface area contributed by atoms with Crippen LogP contribution in [-0.2, 0) is 9.47 Å². The molecule has 0 radical (unpaired) electrons. The van der Waals surface area contributed by atoms with Crippen LogP contribution in [-0.4, -0.2) is 30.2 Å². The minimum atomic E-state index is -0.951. The van der Waals surface area contributed by atoms with E-state index in [1.54, 1.807) is 13.8 Å². The first kappa shape index (κ1) is 17.1. The van der Waals surface area contributed by atoms with Gasteiger partial charge in [-0.3, -0.25) is 0 Å². The molecule has 1 aliphatic heterocycles. The second kappa shape index (κ2) is 9.83. The van der Waals surface area contributed by atoms with E-state index in [-0.39, 0.29) is 6.29 Å². The summed E-state index contributed by atoms with van der Waals surface area (Å²) >= 11 is 0. The Bertz CT molecular complexity index is 367. The van der Waals surface area contributed by atoms with Gasteiger partial charge in [-0.15, -0.1) is 0 Å². The molecular weight excluding hydrogens is 252 g/mol. The molecule has 1 atom stereocenters. The molecule has 1 saturated heterocycles. The summed E-state index contributed by atoms with van der Waals surface area (Å²) in [5.41, 5.74) is -0.951. The van der Waals surface area contributed by atoms with Gasteiger partial charge in [0.25, 0.3) is 0 Å². The van der Waals surface area contributed by atoms with Crippen LogP contribution in [0.2, 0.25) is 0 Å². The van der Waals surface area contributed by atoms with Crippen molar-refractivity contribution < 1.29 is 14.6 Å². The molecule has 0 saturated carbocycles. The molecule has 0 spiro atoms. The van der Waals surface area contributed by atoms with Crippen LogP contribution in [0.3, 0.4) is 0 Å². The van der Waals surface area contributed by atoms with Gasteiger partial charge < -0.3 is 14.6 Å². The molecule has 1 unspecified atom stereocenters. The van der Waals surface area contributed by atoms with Gasteiger partial charge in [-0.2, -0.15) is 0 Å². The van der Waals surface area contributed by atoms with Crippen molar-refractivity contribution >= 4 is 0 Å². The predicted molar refractivity (Wildman–Crippen MR) is 79.9 cm³/mol. The van der Waals surface area contributed by atoms with Crippen LogP contribution in [0.4, 0.5) is 0 Å². The number of hydrogen-bond donors (Lipinski definition) is 1. The van der Waals surface area contributed by atoms with Crippen LogP contribution >= 0.6 is 0 Å². The molecule has 0 aromatic heterocycles. The number of rotatable bonds is 6. The van der Waals surface area contributed by atoms with Gasteiger partial charge in [0.1, 0.15) is 5.60 Å². The van der Waals surface area contributed by atoms with Gasteiger partial charge >= 0.3 is 0 Å². The van der Waals surface area contributed by atoms with Gasteiger partial charge in [0.05, 0.1) is 0 Å². The number of hydrogen-bond acceptors (Lipinski definition) is 3. The average molecular weight is 278 g/mol. The van der Waals surface area contributed by atoms with E-state index in [1.807, 2.05) is 0 Å². The van der Waals surface area contributed by atoms with Gasteiger partial charge in [-0.25, -0.2) is 0 Å². The number of unbranched alkanes of at least 4 members (excludes halogenated alkanes) is 3. The second-order valence-electron chi connectivity index (χ2n) is 5.59. The summed E-state index contributed by atoms with van der Waals surface area (Å²) < 4.78 is 11.2. The predicted octanol–water partition coefficient (Wildman–Crippen LogP) is 2.87. The van der Waals surface area contributed by atoms with Crippen molar-refractivity contribution in [3.8, 4) is 23.7 Å². The van der Waals surface area contributed by atoms with Crippen LogP contribution in [0.25, 0.3) is 0 Å². The Kier molecular flexibility index (Phi) is 8.38. The fourth-order valence-corrected chi connectivity index (χ4v) is 1.84. The van der Waals surface area contributed by atoms with Crippen molar-refractivity contribution in [2.24, 2.45) is 0 Å². The first-order valence-corrected chi connectivity index (χ1v) is 7.53. The molecule has 20 heavy (non-hydrogen) atoms. The number of aliphatic hydroxyl groups is 1. The van der Waals surface area contributed by atoms with Gasteiger partial charge in [0, 0.05) is 19.6 Å². The van der Waals surface area contributed by atoms with E-state index in [9.17, 15) is 5.11 Å². The normalized spacial score (nSPS) is 18.6. The Hall–Kier alpha value is -1.00. The lowest BCUT2D eigenvalue weighted by Crippen LogP contribution is -2.22. The van der Waals surface area contributed by atoms with E-state index >= 15 is 0 Å². The molecule has 1 rings (SSSR count). The van der Waals surface area contributed by atoms with Gasteiger partial charge in [-0.1, -0.05) is 18.3 Å². The molecule has 1 fully saturated rings. The molecule has 1 N–H and O–H groups in total. The summed E-state index contributed by atoms with van der Waals surface area (Å²) in [6.45, 7) is 4.91. The van der Waals surface area contributed by atoms with Crippen molar-refractivity contribution in [3.05, 3.63) is 0 Å². The monoisotopic (exact) mass is 278 g/mol. The molecule has 1 aliphatic rings. The maximum Gasteiger partial charge on any atom is 0.157 e. The minimum Gasteiger partial charge on any atom is -0.378 e. The van der Waals surface area contributed by atoms with Gasteiger partial charge in [0.2, 0.25) is 0 Å². The third-order valence-corrected chi connectivity index (χ3v) is 2.91. The Morgan fingerprint density at radius 3 is 2.75 bits per heavy atom. The van der Waals surface area contributed by atoms with Gasteiger partial charge in [0.15, 0.2) is 6.29 Å². The lowest BCUT2D eigenvalue weighted by molar-refractivity contribution is -0.162. The third kappa shape index (κ3) is 9.87. The molecule has 0 aromatic rings. The summed E-state index contributed by atoms with van der Waals surface area (Å²) in [6.07, 6.45) is 7.51. The van der Waals surface area contributed by atoms with E-state index in [2.05, 4.69) is 23.7 Å². The zero-order valence-electron chi connectivity index (χ0n) is 12.7. The highest BCUT2D eigenvalue weighted by molar-refractivity contribution is 5.28. The standard InChI is InChI=1S/C17H26O3/c1-17(2,18)13-9-6-4-3-5-7-10-14-19-16-12-8-11-15-20-16/h16,18H,3,5,7-8,10-12,14-15H2,1-2H3. The second-order valence-corrected chi connectivity index (χ2v) is 5.59. The fourth-order valence-electron chi connectivity index (χ4n) is 1.84. The highest BCUT2D eigenvalue weighted by atomic mass is 16.7. The first-order valence-electron chi connectivity index (χ1n) is 7.53. The zero-order valence-corrected chi connectivity index (χ0v) is 12.7. The van der Waals surface area contributed by atoms with E-state index < -0.39 is 5.60 Å². The minimum absolute atomic E-state index is 0.0284. The van der Waals surface area contributed by atoms with Crippen molar-refractivity contribution in [1.29, 1.82) is 0 Å². The van der Waals surface area contributed by atoms with E-state index in [0.717, 1.165) is 51.7 Å². The maximum absolute atomic E-state index is 9.36. The van der Waals surface area contributed by atoms with Crippen LogP contribution < -0.4 is 0 Å². The molecule has 112 valence electrons. The third-order valence-electron chi connectivity index (χ3n) is 2.91. The average Bonchev–Trinajstić information content (AvgIpc) is 2.41. The molecule has 0 bridgehead atoms. The quantitative estimate of drug-likeness (QED) is 0.600. The van der Waals surface area contributed by atoms with Crippen LogP contribution in [0, 0.1) is 23.7 Å². The van der Waals surface area contributed by atoms with Crippen molar-refractivity contribution in [1.82, 2.24) is 0 Å². The fraction of sp³-hybridized carbons (Fsp3) is 0.765. The zero-order chi connectivity index (χ0) is 14.7. The van der Waals surface area contributed by atoms with Crippen LogP contribution in [0.1, 0.15) is 58.8 Å². The summed E-state index contributed by atoms with van der Waals surface area (Å²) in [6, 6.07) is 0. The lowest BCUT2D eigenvalue weighted by Gasteiger charge is -2.22. The number of ether oxygens (including phenoxy) is 2. The smallest absolute Gasteiger partial charge is 0.157 e. The molecule has 1 heterocycles. The Balaban J connectivity index is 1.94. The lowest BCUT2D eigenvalue weighted by atomic mass is 10.1. The maximum atomic E-state index is 9.36. The summed E-state index contributed by atoms with van der Waals surface area (Å²) in [4.78, 5) is 0. The Labute approximate surface area is 123 Å². The summed E-state index contributed by atoms with van der Waals surface area (Å²) in [5.74, 6) is 11.1. The van der Waals surface area contributed by atoms with Crippen molar-refractivity contribution in [2.45, 2.75) is 70.7 Å². The highest BCUT2D eigenvalue weighted by Gasteiger charge is 2.13. The first-order chi connectivity index (χ1) is 9.58. The molecule has 3 nitrogen and oxygen atoms in total. The van der Waals surface area contributed by atoms with E-state index in [4.69, 9.17) is 9.47 Å². The summed E-state index contributed by atoms with van der Waals surface area (Å²) in [5, 5.41) is 9.36. The van der Waals surface area contributed by atoms with Crippen molar-refractivity contribution in [2.75, 3.05) is 13.2 Å². The topological polar surface area (TPSA) is 38.7 Å². The SMILES string of the molecule is CC(C)(O)C#CC#CCCCCCOC1CCCCO1. The molecule has 0 aliphatic carbocycles. The molecular formula is C17H26O3.